The van der Waals surface area contributed by atoms with Gasteiger partial charge in [-0.2, -0.15) is 0 Å². The molecule has 0 aromatic carbocycles. The fourth-order valence-electron chi connectivity index (χ4n) is 2.44. The number of carbonyl (C=O) groups is 1. The minimum Gasteiger partial charge on any atom is -0.462 e. The summed E-state index contributed by atoms with van der Waals surface area (Å²) in [5, 5.41) is 13.3. The average molecular weight is 299 g/mol. The summed E-state index contributed by atoms with van der Waals surface area (Å²) in [5.74, 6) is -0.421. The van der Waals surface area contributed by atoms with Crippen LogP contribution in [0.1, 0.15) is 43.0 Å². The maximum absolute atomic E-state index is 11.9. The molecular formula is C14H19ClN2O3. The van der Waals surface area contributed by atoms with Gasteiger partial charge in [-0.3, -0.25) is 0 Å². The zero-order valence-corrected chi connectivity index (χ0v) is 12.2. The first kappa shape index (κ1) is 15.1. The van der Waals surface area contributed by atoms with E-state index < -0.39 is 5.97 Å². The fourth-order valence-corrected chi connectivity index (χ4v) is 2.59. The van der Waals surface area contributed by atoms with Crippen LogP contribution >= 0.6 is 11.6 Å². The second kappa shape index (κ2) is 6.90. The van der Waals surface area contributed by atoms with Crippen LogP contribution in [0.4, 0.5) is 5.69 Å². The highest BCUT2D eigenvalue weighted by molar-refractivity contribution is 6.29. The van der Waals surface area contributed by atoms with Crippen molar-refractivity contribution < 1.29 is 14.6 Å². The lowest BCUT2D eigenvalue weighted by atomic mass is 9.93. The third kappa shape index (κ3) is 3.84. The van der Waals surface area contributed by atoms with Gasteiger partial charge in [0, 0.05) is 12.2 Å². The maximum Gasteiger partial charge on any atom is 0.341 e. The molecule has 0 spiro atoms. The standard InChI is InChI=1S/C14H19ClN2O3/c1-2-20-14(19)11-8-16-13(15)7-12(11)17-9-4-3-5-10(18)6-9/h7-10,18H,2-6H2,1H3,(H,16,17)/t9-,10-/m0/s1. The Morgan fingerprint density at radius 3 is 3.10 bits per heavy atom. The van der Waals surface area contributed by atoms with Crippen molar-refractivity contribution in [2.24, 2.45) is 0 Å². The van der Waals surface area contributed by atoms with Gasteiger partial charge >= 0.3 is 5.97 Å². The van der Waals surface area contributed by atoms with E-state index in [1.54, 1.807) is 13.0 Å². The monoisotopic (exact) mass is 298 g/mol. The number of nitrogens with one attached hydrogen (secondary N) is 1. The lowest BCUT2D eigenvalue weighted by Gasteiger charge is -2.28. The predicted octanol–water partition coefficient (Wildman–Crippen LogP) is 2.63. The zero-order chi connectivity index (χ0) is 14.5. The Hall–Kier alpha value is -1.33. The number of halogens is 1. The molecule has 0 bridgehead atoms. The molecule has 1 saturated carbocycles. The molecule has 0 aliphatic heterocycles. The molecule has 2 N–H and O–H groups in total. The van der Waals surface area contributed by atoms with E-state index in [0.717, 1.165) is 19.3 Å². The summed E-state index contributed by atoms with van der Waals surface area (Å²) in [6.45, 7) is 2.06. The minimum atomic E-state index is -0.421. The topological polar surface area (TPSA) is 71.5 Å². The van der Waals surface area contributed by atoms with E-state index in [0.29, 0.717) is 29.4 Å². The molecule has 0 amide bonds. The number of ether oxygens (including phenoxy) is 1. The smallest absolute Gasteiger partial charge is 0.341 e. The van der Waals surface area contributed by atoms with Crippen LogP contribution in [-0.4, -0.2) is 34.8 Å². The first-order chi connectivity index (χ1) is 9.60. The summed E-state index contributed by atoms with van der Waals surface area (Å²) in [5.41, 5.74) is 0.985. The molecule has 0 saturated heterocycles. The van der Waals surface area contributed by atoms with Gasteiger partial charge in [0.05, 0.1) is 18.4 Å². The van der Waals surface area contributed by atoms with E-state index in [1.807, 2.05) is 0 Å². The van der Waals surface area contributed by atoms with Crippen LogP contribution in [0.2, 0.25) is 5.15 Å². The molecular weight excluding hydrogens is 280 g/mol. The number of nitrogens with zero attached hydrogens (tertiary/aromatic N) is 1. The van der Waals surface area contributed by atoms with Gasteiger partial charge in [-0.05, 0) is 38.7 Å². The van der Waals surface area contributed by atoms with E-state index in [4.69, 9.17) is 16.3 Å². The number of anilines is 1. The quantitative estimate of drug-likeness (QED) is 0.660. The fraction of sp³-hybridized carbons (Fsp3) is 0.571. The molecule has 1 aliphatic rings. The van der Waals surface area contributed by atoms with Gasteiger partial charge in [-0.15, -0.1) is 0 Å². The molecule has 20 heavy (non-hydrogen) atoms. The van der Waals surface area contributed by atoms with Gasteiger partial charge < -0.3 is 15.2 Å². The molecule has 1 aliphatic carbocycles. The molecule has 1 fully saturated rings. The number of rotatable bonds is 4. The average Bonchev–Trinajstić information content (AvgIpc) is 2.39. The van der Waals surface area contributed by atoms with Gasteiger partial charge in [0.1, 0.15) is 10.7 Å². The third-order valence-corrected chi connectivity index (χ3v) is 3.58. The van der Waals surface area contributed by atoms with Crippen LogP contribution in [0.5, 0.6) is 0 Å². The Morgan fingerprint density at radius 2 is 2.40 bits per heavy atom. The highest BCUT2D eigenvalue weighted by Crippen LogP contribution is 2.26. The molecule has 5 nitrogen and oxygen atoms in total. The number of pyridine rings is 1. The Balaban J connectivity index is 2.16. The van der Waals surface area contributed by atoms with Crippen molar-refractivity contribution in [2.45, 2.75) is 44.8 Å². The van der Waals surface area contributed by atoms with Crippen LogP contribution in [0.15, 0.2) is 12.3 Å². The van der Waals surface area contributed by atoms with Crippen molar-refractivity contribution in [3.63, 3.8) is 0 Å². The summed E-state index contributed by atoms with van der Waals surface area (Å²) < 4.78 is 5.01. The Bertz CT molecular complexity index is 481. The number of aliphatic hydroxyl groups is 1. The molecule has 1 aromatic heterocycles. The summed E-state index contributed by atoms with van der Waals surface area (Å²) in [4.78, 5) is 15.8. The van der Waals surface area contributed by atoms with Crippen LogP contribution in [-0.2, 0) is 4.74 Å². The molecule has 2 atom stereocenters. The number of aromatic nitrogens is 1. The first-order valence-corrected chi connectivity index (χ1v) is 7.25. The number of carbonyl (C=O) groups excluding carboxylic acids is 1. The number of aliphatic hydroxyl groups excluding tert-OH is 1. The normalized spacial score (nSPS) is 22.4. The molecule has 0 unspecified atom stereocenters. The SMILES string of the molecule is CCOC(=O)c1cnc(Cl)cc1N[C@H]1CCC[C@H](O)C1. The maximum atomic E-state index is 11.9. The highest BCUT2D eigenvalue weighted by atomic mass is 35.5. The molecule has 2 rings (SSSR count). The van der Waals surface area contributed by atoms with Crippen LogP contribution in [0.25, 0.3) is 0 Å². The Morgan fingerprint density at radius 1 is 1.60 bits per heavy atom. The summed E-state index contributed by atoms with van der Waals surface area (Å²) >= 11 is 5.89. The van der Waals surface area contributed by atoms with Crippen molar-refractivity contribution in [1.29, 1.82) is 0 Å². The van der Waals surface area contributed by atoms with Crippen molar-refractivity contribution in [3.8, 4) is 0 Å². The largest absolute Gasteiger partial charge is 0.462 e. The Labute approximate surface area is 123 Å². The van der Waals surface area contributed by atoms with Gasteiger partial charge in [-0.1, -0.05) is 11.6 Å². The summed E-state index contributed by atoms with van der Waals surface area (Å²) in [7, 11) is 0. The number of hydrogen-bond acceptors (Lipinski definition) is 5. The van der Waals surface area contributed by atoms with Crippen molar-refractivity contribution in [2.75, 3.05) is 11.9 Å². The highest BCUT2D eigenvalue weighted by Gasteiger charge is 2.22. The van der Waals surface area contributed by atoms with Gasteiger partial charge in [-0.25, -0.2) is 9.78 Å². The van der Waals surface area contributed by atoms with Gasteiger partial charge in [0.25, 0.3) is 0 Å². The van der Waals surface area contributed by atoms with E-state index in [9.17, 15) is 9.90 Å². The van der Waals surface area contributed by atoms with Crippen molar-refractivity contribution >= 4 is 23.3 Å². The minimum absolute atomic E-state index is 0.130. The lowest BCUT2D eigenvalue weighted by molar-refractivity contribution is 0.0527. The molecule has 1 heterocycles. The second-order valence-electron chi connectivity index (χ2n) is 4.93. The van der Waals surface area contributed by atoms with E-state index in [1.165, 1.54) is 6.20 Å². The molecule has 0 radical (unpaired) electrons. The van der Waals surface area contributed by atoms with Crippen LogP contribution in [0.3, 0.4) is 0 Å². The second-order valence-corrected chi connectivity index (χ2v) is 5.32. The Kier molecular flexibility index (Phi) is 5.20. The third-order valence-electron chi connectivity index (χ3n) is 3.37. The molecule has 110 valence electrons. The van der Waals surface area contributed by atoms with Crippen molar-refractivity contribution in [3.05, 3.63) is 23.0 Å². The lowest BCUT2D eigenvalue weighted by Crippen LogP contribution is -2.30. The molecule has 6 heteroatoms. The van der Waals surface area contributed by atoms with Crippen molar-refractivity contribution in [1.82, 2.24) is 4.98 Å². The predicted molar refractivity (Wildman–Crippen MR) is 77.1 cm³/mol. The zero-order valence-electron chi connectivity index (χ0n) is 11.4. The van der Waals surface area contributed by atoms with Gasteiger partial charge in [0.2, 0.25) is 0 Å². The summed E-state index contributed by atoms with van der Waals surface area (Å²) in [6, 6.07) is 1.75. The van der Waals surface area contributed by atoms with Crippen LogP contribution < -0.4 is 5.32 Å². The van der Waals surface area contributed by atoms with E-state index >= 15 is 0 Å². The first-order valence-electron chi connectivity index (χ1n) is 6.87. The number of hydrogen-bond donors (Lipinski definition) is 2. The van der Waals surface area contributed by atoms with Gasteiger partial charge in [0.15, 0.2) is 0 Å². The van der Waals surface area contributed by atoms with E-state index in [-0.39, 0.29) is 12.1 Å². The number of esters is 1. The summed E-state index contributed by atoms with van der Waals surface area (Å²) in [6.07, 6.45) is 4.56. The van der Waals surface area contributed by atoms with Crippen LogP contribution in [0, 0.1) is 0 Å². The van der Waals surface area contributed by atoms with E-state index in [2.05, 4.69) is 10.3 Å². The molecule has 1 aromatic rings.